The van der Waals surface area contributed by atoms with Crippen LogP contribution < -0.4 is 5.56 Å². The van der Waals surface area contributed by atoms with Crippen LogP contribution in [0, 0.1) is 0 Å². The van der Waals surface area contributed by atoms with E-state index in [0.717, 1.165) is 33.9 Å². The van der Waals surface area contributed by atoms with E-state index in [-0.39, 0.29) is 5.56 Å². The largest absolute Gasteiger partial charge is 0.268 e. The van der Waals surface area contributed by atoms with Crippen molar-refractivity contribution in [2.24, 2.45) is 0 Å². The molecule has 3 aromatic rings. The first-order valence-corrected chi connectivity index (χ1v) is 10.1. The van der Waals surface area contributed by atoms with Crippen LogP contribution in [0.3, 0.4) is 0 Å². The molecule has 0 fully saturated rings. The van der Waals surface area contributed by atoms with Crippen LogP contribution in [0.4, 0.5) is 0 Å². The van der Waals surface area contributed by atoms with Gasteiger partial charge in [0, 0.05) is 10.1 Å². The van der Waals surface area contributed by atoms with Crippen molar-refractivity contribution in [3.63, 3.8) is 0 Å². The summed E-state index contributed by atoms with van der Waals surface area (Å²) in [6, 6.07) is 9.89. The zero-order chi connectivity index (χ0) is 16.7. The Kier molecular flexibility index (Phi) is 4.22. The van der Waals surface area contributed by atoms with Crippen LogP contribution in [0.25, 0.3) is 15.9 Å². The summed E-state index contributed by atoms with van der Waals surface area (Å²) in [6.45, 7) is 4.27. The van der Waals surface area contributed by atoms with Gasteiger partial charge in [-0.1, -0.05) is 43.8 Å². The number of aromatic nitrogens is 2. The van der Waals surface area contributed by atoms with Crippen molar-refractivity contribution >= 4 is 33.3 Å². The van der Waals surface area contributed by atoms with Crippen molar-refractivity contribution in [1.29, 1.82) is 0 Å². The van der Waals surface area contributed by atoms with Crippen LogP contribution in [0.5, 0.6) is 0 Å². The summed E-state index contributed by atoms with van der Waals surface area (Å²) in [6.07, 6.45) is 4.50. The Balaban J connectivity index is 2.04. The minimum atomic E-state index is 0.0914. The molecule has 2 heterocycles. The van der Waals surface area contributed by atoms with Gasteiger partial charge in [0.15, 0.2) is 5.16 Å². The van der Waals surface area contributed by atoms with Gasteiger partial charge in [0.05, 0.1) is 11.1 Å². The number of aryl methyl sites for hydroxylation is 2. The molecule has 24 heavy (non-hydrogen) atoms. The third-order valence-electron chi connectivity index (χ3n) is 4.31. The molecule has 0 radical (unpaired) electrons. The third-order valence-corrected chi connectivity index (χ3v) is 6.46. The molecule has 2 aromatic heterocycles. The average Bonchev–Trinajstić information content (AvgIpc) is 2.93. The molecule has 0 spiro atoms. The van der Waals surface area contributed by atoms with Gasteiger partial charge in [-0.3, -0.25) is 9.36 Å². The molecular weight excluding hydrogens is 336 g/mol. The lowest BCUT2D eigenvalue weighted by Gasteiger charge is -2.14. The number of thioether (sulfide) groups is 1. The lowest BCUT2D eigenvalue weighted by atomic mass is 9.97. The lowest BCUT2D eigenvalue weighted by Crippen LogP contribution is -2.22. The summed E-state index contributed by atoms with van der Waals surface area (Å²) in [5, 5.41) is 2.03. The first-order chi connectivity index (χ1) is 11.6. The number of rotatable bonds is 3. The fourth-order valence-corrected chi connectivity index (χ4v) is 5.45. The summed E-state index contributed by atoms with van der Waals surface area (Å²) >= 11 is 3.37. The summed E-state index contributed by atoms with van der Waals surface area (Å²) < 4.78 is 1.80. The molecule has 0 unspecified atom stereocenters. The monoisotopic (exact) mass is 356 g/mol. The fourth-order valence-electron chi connectivity index (χ4n) is 3.28. The molecule has 0 aliphatic heterocycles. The van der Waals surface area contributed by atoms with Crippen LogP contribution in [0.2, 0.25) is 0 Å². The Labute approximate surface area is 149 Å². The molecule has 5 heteroatoms. The van der Waals surface area contributed by atoms with Gasteiger partial charge < -0.3 is 0 Å². The maximum atomic E-state index is 13.4. The van der Waals surface area contributed by atoms with Gasteiger partial charge in [0.1, 0.15) is 4.83 Å². The number of para-hydroxylation sites is 1. The number of nitrogens with zero attached hydrogens (tertiary/aromatic N) is 2. The van der Waals surface area contributed by atoms with E-state index in [9.17, 15) is 4.79 Å². The molecule has 0 amide bonds. The summed E-state index contributed by atoms with van der Waals surface area (Å²) in [5.74, 6) is 0. The number of hydrogen-bond acceptors (Lipinski definition) is 4. The maximum Gasteiger partial charge on any atom is 0.267 e. The highest BCUT2D eigenvalue weighted by molar-refractivity contribution is 7.99. The molecule has 1 aliphatic rings. The highest BCUT2D eigenvalue weighted by Crippen LogP contribution is 2.35. The molecule has 0 N–H and O–H groups in total. The Morgan fingerprint density at radius 1 is 1.17 bits per heavy atom. The Bertz CT molecular complexity index is 941. The summed E-state index contributed by atoms with van der Waals surface area (Å²) in [4.78, 5) is 20.6. The number of fused-ring (bicyclic) bond motifs is 3. The number of hydrogen-bond donors (Lipinski definition) is 0. The van der Waals surface area contributed by atoms with Crippen molar-refractivity contribution in [2.45, 2.75) is 49.9 Å². The van der Waals surface area contributed by atoms with E-state index in [2.05, 4.69) is 13.8 Å². The van der Waals surface area contributed by atoms with Gasteiger partial charge in [-0.15, -0.1) is 11.3 Å². The Hall–Kier alpha value is -1.59. The van der Waals surface area contributed by atoms with Crippen molar-refractivity contribution in [1.82, 2.24) is 9.55 Å². The highest BCUT2D eigenvalue weighted by atomic mass is 32.2. The van der Waals surface area contributed by atoms with E-state index in [4.69, 9.17) is 4.98 Å². The van der Waals surface area contributed by atoms with E-state index in [0.29, 0.717) is 5.25 Å². The van der Waals surface area contributed by atoms with E-state index < -0.39 is 0 Å². The molecular formula is C19H20N2OS2. The predicted molar refractivity (Wildman–Crippen MR) is 103 cm³/mol. The second kappa shape index (κ2) is 6.37. The van der Waals surface area contributed by atoms with Crippen LogP contribution in [0.1, 0.15) is 37.1 Å². The fraction of sp³-hybridized carbons (Fsp3) is 0.368. The second-order valence-corrected chi connectivity index (χ2v) is 9.06. The average molecular weight is 357 g/mol. The Morgan fingerprint density at radius 3 is 2.67 bits per heavy atom. The minimum absolute atomic E-state index is 0.0914. The van der Waals surface area contributed by atoms with Gasteiger partial charge in [-0.25, -0.2) is 4.98 Å². The van der Waals surface area contributed by atoms with E-state index in [1.54, 1.807) is 27.7 Å². The zero-order valence-corrected chi connectivity index (χ0v) is 15.5. The highest BCUT2D eigenvalue weighted by Gasteiger charge is 2.23. The first-order valence-electron chi connectivity index (χ1n) is 8.44. The van der Waals surface area contributed by atoms with E-state index in [1.165, 1.54) is 23.3 Å². The van der Waals surface area contributed by atoms with Gasteiger partial charge in [0.25, 0.3) is 5.56 Å². The van der Waals surface area contributed by atoms with Crippen LogP contribution >= 0.6 is 23.1 Å². The quantitative estimate of drug-likeness (QED) is 0.498. The molecule has 0 saturated heterocycles. The second-order valence-electron chi connectivity index (χ2n) is 6.43. The lowest BCUT2D eigenvalue weighted by molar-refractivity contribution is 0.699. The zero-order valence-electron chi connectivity index (χ0n) is 13.9. The van der Waals surface area contributed by atoms with E-state index in [1.807, 2.05) is 30.3 Å². The molecule has 0 atom stereocenters. The molecule has 1 aromatic carbocycles. The van der Waals surface area contributed by atoms with Crippen LogP contribution in [-0.2, 0) is 12.8 Å². The molecule has 124 valence electrons. The number of thiophene rings is 1. The van der Waals surface area contributed by atoms with Gasteiger partial charge >= 0.3 is 0 Å². The minimum Gasteiger partial charge on any atom is -0.268 e. The maximum absolute atomic E-state index is 13.4. The van der Waals surface area contributed by atoms with Crippen molar-refractivity contribution in [3.8, 4) is 5.69 Å². The van der Waals surface area contributed by atoms with Crippen LogP contribution in [-0.4, -0.2) is 14.8 Å². The molecule has 1 aliphatic carbocycles. The van der Waals surface area contributed by atoms with Crippen molar-refractivity contribution in [3.05, 3.63) is 51.1 Å². The molecule has 0 bridgehead atoms. The first kappa shape index (κ1) is 15.9. The Morgan fingerprint density at radius 2 is 1.92 bits per heavy atom. The topological polar surface area (TPSA) is 34.9 Å². The van der Waals surface area contributed by atoms with Crippen LogP contribution in [0.15, 0.2) is 40.3 Å². The smallest absolute Gasteiger partial charge is 0.267 e. The van der Waals surface area contributed by atoms with Gasteiger partial charge in [-0.2, -0.15) is 0 Å². The molecule has 3 nitrogen and oxygen atoms in total. The summed E-state index contributed by atoms with van der Waals surface area (Å²) in [7, 11) is 0. The van der Waals surface area contributed by atoms with Gasteiger partial charge in [-0.05, 0) is 43.4 Å². The third kappa shape index (κ3) is 2.70. The predicted octanol–water partition coefficient (Wildman–Crippen LogP) is 4.83. The standard InChI is InChI=1S/C19H20N2OS2/c1-12(2)23-19-20-17-16(14-10-6-7-11-15(14)24-17)18(22)21(19)13-8-4-3-5-9-13/h3-5,8-9,12H,6-7,10-11H2,1-2H3. The SMILES string of the molecule is CC(C)Sc1nc2sc3c(c2c(=O)n1-c1ccccc1)CCCC3. The van der Waals surface area contributed by atoms with E-state index >= 15 is 0 Å². The normalized spacial score (nSPS) is 14.3. The summed E-state index contributed by atoms with van der Waals surface area (Å²) in [5.41, 5.74) is 2.24. The van der Waals surface area contributed by atoms with Crippen molar-refractivity contribution in [2.75, 3.05) is 0 Å². The van der Waals surface area contributed by atoms with Crippen molar-refractivity contribution < 1.29 is 0 Å². The molecule has 4 rings (SSSR count). The van der Waals surface area contributed by atoms with Gasteiger partial charge in [0.2, 0.25) is 0 Å². The number of benzene rings is 1. The molecule has 0 saturated carbocycles.